The van der Waals surface area contributed by atoms with Gasteiger partial charge in [0.25, 0.3) is 0 Å². The summed E-state index contributed by atoms with van der Waals surface area (Å²) in [6, 6.07) is 6.52. The van der Waals surface area contributed by atoms with Crippen molar-refractivity contribution >= 4 is 5.78 Å². The highest BCUT2D eigenvalue weighted by Gasteiger charge is 2.14. The van der Waals surface area contributed by atoms with Crippen molar-refractivity contribution in [3.63, 3.8) is 0 Å². The molecular weight excluding hydrogens is 196 g/mol. The normalized spacial score (nSPS) is 10.2. The number of carbonyl (C=O) groups is 1. The smallest absolute Gasteiger partial charge is 0.222 e. The van der Waals surface area contributed by atoms with Crippen LogP contribution in [-0.4, -0.2) is 31.1 Å². The van der Waals surface area contributed by atoms with Gasteiger partial charge in [-0.25, -0.2) is 0 Å². The first-order valence-corrected chi connectivity index (χ1v) is 4.28. The van der Waals surface area contributed by atoms with Crippen molar-refractivity contribution < 1.29 is 9.90 Å². The Balaban J connectivity index is 2.59. The standard InChI is InChI=1S/C9H8N4O2/c1-6(14)9-10-11-12-13(9)7-4-2-3-5-8(7)15/h2-5,15H,1H3. The van der Waals surface area contributed by atoms with E-state index in [0.29, 0.717) is 5.69 Å². The third kappa shape index (κ3) is 1.56. The van der Waals surface area contributed by atoms with E-state index in [2.05, 4.69) is 15.5 Å². The van der Waals surface area contributed by atoms with Crippen LogP contribution in [0.15, 0.2) is 24.3 Å². The number of hydrogen-bond acceptors (Lipinski definition) is 5. The number of tetrazole rings is 1. The first kappa shape index (κ1) is 9.32. The van der Waals surface area contributed by atoms with Gasteiger partial charge in [-0.15, -0.1) is 5.10 Å². The summed E-state index contributed by atoms with van der Waals surface area (Å²) < 4.78 is 1.21. The number of Topliss-reactive ketones (excluding diaryl/α,β-unsaturated/α-hetero) is 1. The molecule has 15 heavy (non-hydrogen) atoms. The van der Waals surface area contributed by atoms with Crippen LogP contribution in [0.25, 0.3) is 5.69 Å². The summed E-state index contributed by atoms with van der Waals surface area (Å²) in [5, 5.41) is 20.2. The zero-order chi connectivity index (χ0) is 10.8. The Hall–Kier alpha value is -2.24. The van der Waals surface area contributed by atoms with Crippen LogP contribution in [0.5, 0.6) is 5.75 Å². The summed E-state index contributed by atoms with van der Waals surface area (Å²) >= 11 is 0. The Morgan fingerprint density at radius 3 is 2.80 bits per heavy atom. The SMILES string of the molecule is CC(=O)c1nnnn1-c1ccccc1O. The fraction of sp³-hybridized carbons (Fsp3) is 0.111. The summed E-state index contributed by atoms with van der Waals surface area (Å²) in [5.74, 6) is -0.146. The molecule has 0 saturated carbocycles. The van der Waals surface area contributed by atoms with Gasteiger partial charge >= 0.3 is 0 Å². The molecule has 6 heteroatoms. The predicted molar refractivity (Wildman–Crippen MR) is 50.8 cm³/mol. The minimum Gasteiger partial charge on any atom is -0.506 e. The van der Waals surface area contributed by atoms with Crippen LogP contribution in [0, 0.1) is 0 Å². The first-order valence-electron chi connectivity index (χ1n) is 4.28. The van der Waals surface area contributed by atoms with Crippen molar-refractivity contribution in [2.45, 2.75) is 6.92 Å². The molecule has 0 atom stereocenters. The van der Waals surface area contributed by atoms with Gasteiger partial charge in [0, 0.05) is 6.92 Å². The molecule has 0 radical (unpaired) electrons. The highest BCUT2D eigenvalue weighted by atomic mass is 16.3. The molecule has 1 N–H and O–H groups in total. The highest BCUT2D eigenvalue weighted by molar-refractivity contribution is 5.90. The van der Waals surface area contributed by atoms with E-state index in [1.807, 2.05) is 0 Å². The van der Waals surface area contributed by atoms with Crippen LogP contribution in [0.1, 0.15) is 17.5 Å². The number of hydrogen-bond donors (Lipinski definition) is 1. The Morgan fingerprint density at radius 1 is 1.40 bits per heavy atom. The largest absolute Gasteiger partial charge is 0.506 e. The molecule has 0 unspecified atom stereocenters. The number of rotatable bonds is 2. The maximum atomic E-state index is 11.2. The molecule has 1 aromatic heterocycles. The molecule has 0 bridgehead atoms. The van der Waals surface area contributed by atoms with Crippen LogP contribution in [0.3, 0.4) is 0 Å². The van der Waals surface area contributed by atoms with Gasteiger partial charge in [0.15, 0.2) is 5.78 Å². The second-order valence-electron chi connectivity index (χ2n) is 2.96. The maximum absolute atomic E-state index is 11.2. The van der Waals surface area contributed by atoms with Crippen molar-refractivity contribution in [2.75, 3.05) is 0 Å². The van der Waals surface area contributed by atoms with Gasteiger partial charge in [0.05, 0.1) is 0 Å². The van der Waals surface area contributed by atoms with E-state index in [4.69, 9.17) is 0 Å². The lowest BCUT2D eigenvalue weighted by Crippen LogP contribution is -2.07. The fourth-order valence-corrected chi connectivity index (χ4v) is 1.21. The second kappa shape index (κ2) is 3.49. The van der Waals surface area contributed by atoms with Gasteiger partial charge in [-0.1, -0.05) is 12.1 Å². The van der Waals surface area contributed by atoms with Crippen molar-refractivity contribution in [2.24, 2.45) is 0 Å². The van der Waals surface area contributed by atoms with Gasteiger partial charge in [-0.05, 0) is 22.6 Å². The van der Waals surface area contributed by atoms with E-state index in [9.17, 15) is 9.90 Å². The molecule has 0 aliphatic rings. The lowest BCUT2D eigenvalue weighted by molar-refractivity contribution is 0.100. The van der Waals surface area contributed by atoms with Crippen molar-refractivity contribution in [1.29, 1.82) is 0 Å². The molecule has 0 aliphatic carbocycles. The van der Waals surface area contributed by atoms with E-state index in [-0.39, 0.29) is 17.4 Å². The van der Waals surface area contributed by atoms with Gasteiger partial charge < -0.3 is 5.11 Å². The third-order valence-electron chi connectivity index (χ3n) is 1.89. The lowest BCUT2D eigenvalue weighted by atomic mass is 10.3. The predicted octanol–water partition coefficient (Wildman–Crippen LogP) is 0.571. The summed E-state index contributed by atoms with van der Waals surface area (Å²) in [4.78, 5) is 11.2. The van der Waals surface area contributed by atoms with E-state index < -0.39 is 0 Å². The minimum atomic E-state index is -0.261. The summed E-state index contributed by atoms with van der Waals surface area (Å²) in [6.45, 7) is 1.36. The van der Waals surface area contributed by atoms with Gasteiger partial charge in [-0.3, -0.25) is 4.79 Å². The number of para-hydroxylation sites is 2. The Bertz CT molecular complexity index is 506. The van der Waals surface area contributed by atoms with Crippen molar-refractivity contribution in [1.82, 2.24) is 20.2 Å². The molecule has 76 valence electrons. The number of benzene rings is 1. The summed E-state index contributed by atoms with van der Waals surface area (Å²) in [7, 11) is 0. The van der Waals surface area contributed by atoms with Crippen molar-refractivity contribution in [3.8, 4) is 11.4 Å². The number of ketones is 1. The Morgan fingerprint density at radius 2 is 2.13 bits per heavy atom. The van der Waals surface area contributed by atoms with Crippen LogP contribution in [-0.2, 0) is 0 Å². The number of phenols is 1. The lowest BCUT2D eigenvalue weighted by Gasteiger charge is -2.03. The van der Waals surface area contributed by atoms with Gasteiger partial charge in [-0.2, -0.15) is 4.68 Å². The molecule has 0 saturated heterocycles. The van der Waals surface area contributed by atoms with E-state index in [1.165, 1.54) is 17.7 Å². The number of aromatic nitrogens is 4. The monoisotopic (exact) mass is 204 g/mol. The minimum absolute atomic E-state index is 0.0206. The number of carbonyl (C=O) groups excluding carboxylic acids is 1. The zero-order valence-electron chi connectivity index (χ0n) is 7.95. The fourth-order valence-electron chi connectivity index (χ4n) is 1.21. The number of nitrogens with zero attached hydrogens (tertiary/aromatic N) is 4. The molecule has 0 aliphatic heterocycles. The topological polar surface area (TPSA) is 80.9 Å². The average molecular weight is 204 g/mol. The van der Waals surface area contributed by atoms with E-state index in [1.54, 1.807) is 18.2 Å². The molecule has 0 fully saturated rings. The molecule has 1 heterocycles. The maximum Gasteiger partial charge on any atom is 0.222 e. The molecule has 6 nitrogen and oxygen atoms in total. The molecule has 2 aromatic rings. The van der Waals surface area contributed by atoms with Crippen LogP contribution in [0.2, 0.25) is 0 Å². The van der Waals surface area contributed by atoms with E-state index >= 15 is 0 Å². The first-order chi connectivity index (χ1) is 7.20. The zero-order valence-corrected chi connectivity index (χ0v) is 7.95. The van der Waals surface area contributed by atoms with Crippen LogP contribution in [0.4, 0.5) is 0 Å². The number of aromatic hydroxyl groups is 1. The van der Waals surface area contributed by atoms with Crippen molar-refractivity contribution in [3.05, 3.63) is 30.1 Å². The highest BCUT2D eigenvalue weighted by Crippen LogP contribution is 2.20. The van der Waals surface area contributed by atoms with Crippen LogP contribution >= 0.6 is 0 Å². The Labute approximate surface area is 85.2 Å². The van der Waals surface area contributed by atoms with Gasteiger partial charge in [0.2, 0.25) is 5.82 Å². The number of phenolic OH excluding ortho intramolecular Hbond substituents is 1. The van der Waals surface area contributed by atoms with Crippen LogP contribution < -0.4 is 0 Å². The third-order valence-corrected chi connectivity index (χ3v) is 1.89. The molecule has 2 rings (SSSR count). The molecule has 0 spiro atoms. The summed E-state index contributed by atoms with van der Waals surface area (Å²) in [5.41, 5.74) is 0.382. The Kier molecular flexibility index (Phi) is 2.17. The molecule has 1 aromatic carbocycles. The average Bonchev–Trinajstić information content (AvgIpc) is 2.67. The molecule has 0 amide bonds. The molecular formula is C9H8N4O2. The second-order valence-corrected chi connectivity index (χ2v) is 2.96. The van der Waals surface area contributed by atoms with Gasteiger partial charge in [0.1, 0.15) is 11.4 Å². The summed E-state index contributed by atoms with van der Waals surface area (Å²) in [6.07, 6.45) is 0. The van der Waals surface area contributed by atoms with E-state index in [0.717, 1.165) is 0 Å². The quantitative estimate of drug-likeness (QED) is 0.723.